The lowest BCUT2D eigenvalue weighted by Crippen LogP contribution is -2.45. The third-order valence-corrected chi connectivity index (χ3v) is 4.55. The van der Waals surface area contributed by atoms with E-state index in [1.54, 1.807) is 13.2 Å². The molecule has 2 N–H and O–H groups in total. The first kappa shape index (κ1) is 23.0. The molecule has 2 aromatic rings. The molecule has 0 saturated carbocycles. The normalized spacial score (nSPS) is 16.6. The van der Waals surface area contributed by atoms with E-state index in [1.807, 2.05) is 36.9 Å². The Kier molecular flexibility index (Phi) is 8.80. The summed E-state index contributed by atoms with van der Waals surface area (Å²) in [5, 5.41) is 10.6. The van der Waals surface area contributed by atoms with Crippen LogP contribution in [0.3, 0.4) is 0 Å². The van der Waals surface area contributed by atoms with E-state index in [1.165, 1.54) is 0 Å². The Hall–Kier alpha value is -2.24. The third kappa shape index (κ3) is 6.38. The van der Waals surface area contributed by atoms with Gasteiger partial charge in [-0.1, -0.05) is 25.1 Å². The van der Waals surface area contributed by atoms with Crippen LogP contribution in [-0.2, 0) is 11.2 Å². The molecule has 1 saturated heterocycles. The average Bonchev–Trinajstić information content (AvgIpc) is 3.37. The van der Waals surface area contributed by atoms with Crippen molar-refractivity contribution < 1.29 is 9.32 Å². The van der Waals surface area contributed by atoms with Gasteiger partial charge in [0.25, 0.3) is 5.89 Å². The van der Waals surface area contributed by atoms with Crippen molar-refractivity contribution in [2.45, 2.75) is 32.7 Å². The van der Waals surface area contributed by atoms with Crippen molar-refractivity contribution in [1.82, 2.24) is 30.7 Å². The minimum atomic E-state index is 0. The molecule has 9 nitrogen and oxygen atoms in total. The summed E-state index contributed by atoms with van der Waals surface area (Å²) >= 11 is 0. The van der Waals surface area contributed by atoms with Gasteiger partial charge in [0, 0.05) is 51.3 Å². The topological polar surface area (TPSA) is 109 Å². The maximum atomic E-state index is 12.1. The second-order valence-electron chi connectivity index (χ2n) is 7.05. The number of halogens is 1. The lowest BCUT2D eigenvalue weighted by molar-refractivity contribution is -0.133. The van der Waals surface area contributed by atoms with Crippen molar-refractivity contribution in [2.75, 3.05) is 26.7 Å². The van der Waals surface area contributed by atoms with Gasteiger partial charge >= 0.3 is 0 Å². The van der Waals surface area contributed by atoms with Crippen LogP contribution in [0.15, 0.2) is 33.9 Å². The van der Waals surface area contributed by atoms with Crippen LogP contribution in [0.1, 0.15) is 26.1 Å². The van der Waals surface area contributed by atoms with E-state index in [2.05, 4.69) is 30.8 Å². The molecule has 1 unspecified atom stereocenters. The molecule has 0 aromatic carbocycles. The first-order valence-corrected chi connectivity index (χ1v) is 9.56. The summed E-state index contributed by atoms with van der Waals surface area (Å²) in [5.74, 6) is 1.96. The first-order valence-electron chi connectivity index (χ1n) is 9.56. The molecular weight excluding hydrogens is 485 g/mol. The van der Waals surface area contributed by atoms with E-state index in [0.29, 0.717) is 42.9 Å². The SMILES string of the molecule is CN=C(NCCc1noc(-c2ccccn2)n1)NC1CCN(C(=O)C(C)C)C1.I. The van der Waals surface area contributed by atoms with Gasteiger partial charge in [-0.3, -0.25) is 14.8 Å². The molecule has 3 rings (SSSR count). The van der Waals surface area contributed by atoms with Gasteiger partial charge in [0.2, 0.25) is 5.91 Å². The maximum absolute atomic E-state index is 12.1. The number of aliphatic imine (C=N–C) groups is 1. The lowest BCUT2D eigenvalue weighted by Gasteiger charge is -2.20. The van der Waals surface area contributed by atoms with Crippen LogP contribution in [0.2, 0.25) is 0 Å². The molecule has 0 spiro atoms. The number of amides is 1. The molecular formula is C19H28IN7O2. The first-order chi connectivity index (χ1) is 13.6. The smallest absolute Gasteiger partial charge is 0.276 e. The molecule has 1 amide bonds. The van der Waals surface area contributed by atoms with Crippen LogP contribution in [-0.4, -0.2) is 64.6 Å². The van der Waals surface area contributed by atoms with E-state index in [9.17, 15) is 4.79 Å². The van der Waals surface area contributed by atoms with Crippen LogP contribution in [0.4, 0.5) is 0 Å². The highest BCUT2D eigenvalue weighted by Gasteiger charge is 2.27. The van der Waals surface area contributed by atoms with Gasteiger partial charge in [-0.15, -0.1) is 24.0 Å². The highest BCUT2D eigenvalue weighted by molar-refractivity contribution is 14.0. The number of likely N-dealkylation sites (tertiary alicyclic amines) is 1. The number of aromatic nitrogens is 3. The van der Waals surface area contributed by atoms with Crippen molar-refractivity contribution in [3.05, 3.63) is 30.2 Å². The summed E-state index contributed by atoms with van der Waals surface area (Å²) in [7, 11) is 1.73. The van der Waals surface area contributed by atoms with Gasteiger partial charge in [0.05, 0.1) is 0 Å². The minimum Gasteiger partial charge on any atom is -0.356 e. The summed E-state index contributed by atoms with van der Waals surface area (Å²) in [5.41, 5.74) is 0.661. The van der Waals surface area contributed by atoms with Gasteiger partial charge in [0.15, 0.2) is 11.8 Å². The van der Waals surface area contributed by atoms with E-state index in [0.717, 1.165) is 13.0 Å². The predicted molar refractivity (Wildman–Crippen MR) is 121 cm³/mol. The fourth-order valence-electron chi connectivity index (χ4n) is 3.07. The number of pyridine rings is 1. The zero-order valence-corrected chi connectivity index (χ0v) is 19.3. The zero-order chi connectivity index (χ0) is 19.9. The van der Waals surface area contributed by atoms with E-state index in [-0.39, 0.29) is 41.8 Å². The number of nitrogens with one attached hydrogen (secondary N) is 2. The van der Waals surface area contributed by atoms with Crippen molar-refractivity contribution in [2.24, 2.45) is 10.9 Å². The fourth-order valence-corrected chi connectivity index (χ4v) is 3.07. The molecule has 0 aliphatic carbocycles. The maximum Gasteiger partial charge on any atom is 0.276 e. The number of carbonyl (C=O) groups excluding carboxylic acids is 1. The Morgan fingerprint density at radius 3 is 2.93 bits per heavy atom. The molecule has 158 valence electrons. The molecule has 1 aliphatic rings. The molecule has 2 aromatic heterocycles. The summed E-state index contributed by atoms with van der Waals surface area (Å²) in [6, 6.07) is 5.75. The monoisotopic (exact) mass is 513 g/mol. The second kappa shape index (κ2) is 11.1. The molecule has 10 heteroatoms. The van der Waals surface area contributed by atoms with Gasteiger partial charge in [-0.05, 0) is 18.6 Å². The van der Waals surface area contributed by atoms with Crippen LogP contribution in [0.5, 0.6) is 0 Å². The number of hydrogen-bond acceptors (Lipinski definition) is 6. The largest absolute Gasteiger partial charge is 0.356 e. The lowest BCUT2D eigenvalue weighted by atomic mass is 10.2. The van der Waals surface area contributed by atoms with Gasteiger partial charge in [-0.2, -0.15) is 4.98 Å². The number of carbonyl (C=O) groups is 1. The van der Waals surface area contributed by atoms with Gasteiger partial charge in [-0.25, -0.2) is 0 Å². The Bertz CT molecular complexity index is 810. The third-order valence-electron chi connectivity index (χ3n) is 4.55. The van der Waals surface area contributed by atoms with E-state index >= 15 is 0 Å². The standard InChI is InChI=1S/C19H27N7O2.HI/c1-13(2)18(27)26-11-8-14(12-26)23-19(20-3)22-10-7-16-24-17(28-25-16)15-6-4-5-9-21-15;/h4-6,9,13-14H,7-8,10-12H2,1-3H3,(H2,20,22,23);1H. The second-order valence-corrected chi connectivity index (χ2v) is 7.05. The van der Waals surface area contributed by atoms with Gasteiger partial charge in [0.1, 0.15) is 5.69 Å². The molecule has 1 atom stereocenters. The highest BCUT2D eigenvalue weighted by Crippen LogP contribution is 2.14. The number of hydrogen-bond donors (Lipinski definition) is 2. The summed E-state index contributed by atoms with van der Waals surface area (Å²) in [4.78, 5) is 26.8. The molecule has 29 heavy (non-hydrogen) atoms. The zero-order valence-electron chi connectivity index (χ0n) is 17.0. The number of guanidine groups is 1. The number of rotatable bonds is 6. The molecule has 0 bridgehead atoms. The molecule has 1 aliphatic heterocycles. The van der Waals surface area contributed by atoms with Crippen molar-refractivity contribution in [3.8, 4) is 11.6 Å². The number of nitrogens with zero attached hydrogens (tertiary/aromatic N) is 5. The summed E-state index contributed by atoms with van der Waals surface area (Å²) in [6.07, 6.45) is 3.20. The average molecular weight is 513 g/mol. The Morgan fingerprint density at radius 1 is 1.41 bits per heavy atom. The summed E-state index contributed by atoms with van der Waals surface area (Å²) < 4.78 is 5.26. The molecule has 3 heterocycles. The highest BCUT2D eigenvalue weighted by atomic mass is 127. The quantitative estimate of drug-likeness (QED) is 0.344. The van der Waals surface area contributed by atoms with Crippen molar-refractivity contribution in [1.29, 1.82) is 0 Å². The molecule has 0 radical (unpaired) electrons. The van der Waals surface area contributed by atoms with E-state index < -0.39 is 0 Å². The van der Waals surface area contributed by atoms with Crippen LogP contribution < -0.4 is 10.6 Å². The van der Waals surface area contributed by atoms with E-state index in [4.69, 9.17) is 4.52 Å². The fraction of sp³-hybridized carbons (Fsp3) is 0.526. The minimum absolute atomic E-state index is 0. The van der Waals surface area contributed by atoms with Gasteiger partial charge < -0.3 is 20.1 Å². The Balaban J connectivity index is 0.00000300. The Morgan fingerprint density at radius 2 is 2.24 bits per heavy atom. The van der Waals surface area contributed by atoms with Crippen LogP contribution in [0, 0.1) is 5.92 Å². The van der Waals surface area contributed by atoms with Crippen molar-refractivity contribution >= 4 is 35.8 Å². The Labute approximate surface area is 187 Å². The van der Waals surface area contributed by atoms with Crippen molar-refractivity contribution in [3.63, 3.8) is 0 Å². The summed E-state index contributed by atoms with van der Waals surface area (Å²) in [6.45, 7) is 5.96. The predicted octanol–water partition coefficient (Wildman–Crippen LogP) is 1.71. The van der Waals surface area contributed by atoms with Crippen LogP contribution >= 0.6 is 24.0 Å². The molecule has 1 fully saturated rings. The van der Waals surface area contributed by atoms with Crippen LogP contribution in [0.25, 0.3) is 11.6 Å².